The fourth-order valence-electron chi connectivity index (χ4n) is 1.22. The average Bonchev–Trinajstić information content (AvgIpc) is 2.63. The first kappa shape index (κ1) is 11.1. The minimum absolute atomic E-state index is 0.642. The van der Waals surface area contributed by atoms with E-state index >= 15 is 0 Å². The van der Waals surface area contributed by atoms with Crippen LogP contribution in [0.4, 0.5) is 0 Å². The molecule has 0 fully saturated rings. The molecule has 0 bridgehead atoms. The summed E-state index contributed by atoms with van der Waals surface area (Å²) in [5.41, 5.74) is 2.51. The van der Waals surface area contributed by atoms with Gasteiger partial charge in [-0.3, -0.25) is 0 Å². The molecule has 0 aliphatic rings. The average molecular weight is 247 g/mol. The summed E-state index contributed by atoms with van der Waals surface area (Å²) in [7, 11) is 0. The molecule has 0 aliphatic heterocycles. The molecule has 0 atom stereocenters. The van der Waals surface area contributed by atoms with Crippen LogP contribution in [0.3, 0.4) is 0 Å². The van der Waals surface area contributed by atoms with Gasteiger partial charge < -0.3 is 0 Å². The van der Waals surface area contributed by atoms with Crippen LogP contribution in [-0.4, -0.2) is 9.97 Å². The Morgan fingerprint density at radius 3 is 2.69 bits per heavy atom. The zero-order valence-corrected chi connectivity index (χ0v) is 10.5. The van der Waals surface area contributed by atoms with Crippen molar-refractivity contribution in [3.05, 3.63) is 34.5 Å². The molecule has 0 amide bonds. The standard InChI is InChI=1S/C11H9N3S2/c1-7-3-9(5-12)4-10(13-7)16-11-14-8(2)6-15-11/h3-4,6H,1-2H3. The minimum Gasteiger partial charge on any atom is -0.246 e. The topological polar surface area (TPSA) is 49.6 Å². The highest BCUT2D eigenvalue weighted by atomic mass is 32.2. The lowest BCUT2D eigenvalue weighted by Crippen LogP contribution is -1.87. The van der Waals surface area contributed by atoms with Crippen LogP contribution < -0.4 is 0 Å². The Balaban J connectivity index is 2.28. The summed E-state index contributed by atoms with van der Waals surface area (Å²) >= 11 is 3.09. The van der Waals surface area contributed by atoms with E-state index in [0.29, 0.717) is 5.56 Å². The van der Waals surface area contributed by atoms with E-state index in [4.69, 9.17) is 5.26 Å². The van der Waals surface area contributed by atoms with Gasteiger partial charge in [0.1, 0.15) is 5.03 Å². The van der Waals surface area contributed by atoms with Crippen LogP contribution in [0, 0.1) is 25.2 Å². The van der Waals surface area contributed by atoms with Gasteiger partial charge in [-0.1, -0.05) is 0 Å². The number of pyridine rings is 1. The fourth-order valence-corrected chi connectivity index (χ4v) is 3.08. The van der Waals surface area contributed by atoms with Crippen molar-refractivity contribution in [2.45, 2.75) is 23.2 Å². The van der Waals surface area contributed by atoms with Crippen molar-refractivity contribution in [2.75, 3.05) is 0 Å². The second-order valence-corrected chi connectivity index (χ2v) is 5.43. The van der Waals surface area contributed by atoms with Gasteiger partial charge in [-0.15, -0.1) is 11.3 Å². The van der Waals surface area contributed by atoms with Crippen LogP contribution in [0.25, 0.3) is 0 Å². The van der Waals surface area contributed by atoms with E-state index in [1.807, 2.05) is 19.2 Å². The van der Waals surface area contributed by atoms with Gasteiger partial charge in [-0.25, -0.2) is 9.97 Å². The van der Waals surface area contributed by atoms with Gasteiger partial charge >= 0.3 is 0 Å². The Bertz CT molecular complexity index is 555. The molecule has 0 radical (unpaired) electrons. The third kappa shape index (κ3) is 2.60. The van der Waals surface area contributed by atoms with Crippen molar-refractivity contribution in [1.82, 2.24) is 9.97 Å². The van der Waals surface area contributed by atoms with E-state index in [-0.39, 0.29) is 0 Å². The maximum Gasteiger partial charge on any atom is 0.156 e. The second-order valence-electron chi connectivity index (χ2n) is 3.30. The highest BCUT2D eigenvalue weighted by molar-refractivity contribution is 8.01. The van der Waals surface area contributed by atoms with Crippen molar-refractivity contribution in [3.8, 4) is 6.07 Å². The predicted molar refractivity (Wildman–Crippen MR) is 64.7 cm³/mol. The Labute approximate surface area is 102 Å². The Morgan fingerprint density at radius 2 is 2.06 bits per heavy atom. The number of nitriles is 1. The highest BCUT2D eigenvalue weighted by Gasteiger charge is 2.05. The lowest BCUT2D eigenvalue weighted by atomic mass is 10.2. The zero-order chi connectivity index (χ0) is 11.5. The number of thiazole rings is 1. The first-order valence-electron chi connectivity index (χ1n) is 4.66. The van der Waals surface area contributed by atoms with Gasteiger partial charge in [0.15, 0.2) is 4.34 Å². The first-order valence-corrected chi connectivity index (χ1v) is 6.36. The molecule has 0 N–H and O–H groups in total. The van der Waals surface area contributed by atoms with E-state index in [1.54, 1.807) is 23.5 Å². The van der Waals surface area contributed by atoms with E-state index in [0.717, 1.165) is 20.8 Å². The molecule has 5 heteroatoms. The first-order chi connectivity index (χ1) is 7.67. The molecule has 0 aromatic carbocycles. The molecule has 0 saturated heterocycles. The quantitative estimate of drug-likeness (QED) is 0.817. The number of aryl methyl sites for hydroxylation is 2. The number of hydrogen-bond acceptors (Lipinski definition) is 5. The molecular weight excluding hydrogens is 238 g/mol. The van der Waals surface area contributed by atoms with Crippen molar-refractivity contribution < 1.29 is 0 Å². The smallest absolute Gasteiger partial charge is 0.156 e. The molecule has 2 rings (SSSR count). The number of nitrogens with zero attached hydrogens (tertiary/aromatic N) is 3. The SMILES string of the molecule is Cc1cc(C#N)cc(Sc2nc(C)cs2)n1. The van der Waals surface area contributed by atoms with Crippen molar-refractivity contribution >= 4 is 23.1 Å². The number of rotatable bonds is 2. The molecule has 3 nitrogen and oxygen atoms in total. The van der Waals surface area contributed by atoms with Gasteiger partial charge in [0.2, 0.25) is 0 Å². The van der Waals surface area contributed by atoms with E-state index < -0.39 is 0 Å². The lowest BCUT2D eigenvalue weighted by molar-refractivity contribution is 1.05. The van der Waals surface area contributed by atoms with Crippen molar-refractivity contribution in [1.29, 1.82) is 5.26 Å². The molecule has 2 aromatic rings. The molecule has 0 unspecified atom stereocenters. The Hall–Kier alpha value is -1.38. The molecular formula is C11H9N3S2. The summed E-state index contributed by atoms with van der Waals surface area (Å²) in [6.45, 7) is 3.85. The lowest BCUT2D eigenvalue weighted by Gasteiger charge is -1.99. The largest absolute Gasteiger partial charge is 0.246 e. The molecule has 16 heavy (non-hydrogen) atoms. The van der Waals surface area contributed by atoms with Crippen LogP contribution in [0.15, 0.2) is 26.9 Å². The van der Waals surface area contributed by atoms with Gasteiger partial charge in [0, 0.05) is 16.8 Å². The molecule has 2 heterocycles. The maximum atomic E-state index is 8.86. The normalized spacial score (nSPS) is 10.1. The summed E-state index contributed by atoms with van der Waals surface area (Å²) in [5, 5.41) is 11.7. The van der Waals surface area contributed by atoms with E-state index in [1.165, 1.54) is 11.8 Å². The van der Waals surface area contributed by atoms with Crippen LogP contribution in [0.1, 0.15) is 17.0 Å². The van der Waals surface area contributed by atoms with Gasteiger partial charge in [-0.2, -0.15) is 5.26 Å². The fraction of sp³-hybridized carbons (Fsp3) is 0.182. The summed E-state index contributed by atoms with van der Waals surface area (Å²) < 4.78 is 0.958. The van der Waals surface area contributed by atoms with Crippen LogP contribution >= 0.6 is 23.1 Å². The Morgan fingerprint density at radius 1 is 1.25 bits per heavy atom. The second kappa shape index (κ2) is 4.64. The van der Waals surface area contributed by atoms with E-state index in [9.17, 15) is 0 Å². The summed E-state index contributed by atoms with van der Waals surface area (Å²) in [5.74, 6) is 0. The Kier molecular flexibility index (Phi) is 3.22. The molecule has 0 saturated carbocycles. The number of aromatic nitrogens is 2. The van der Waals surface area contributed by atoms with Crippen LogP contribution in [0.5, 0.6) is 0 Å². The summed E-state index contributed by atoms with van der Waals surface area (Å²) in [6.07, 6.45) is 0. The number of hydrogen-bond donors (Lipinski definition) is 0. The van der Waals surface area contributed by atoms with Crippen molar-refractivity contribution in [3.63, 3.8) is 0 Å². The third-order valence-electron chi connectivity index (χ3n) is 1.85. The van der Waals surface area contributed by atoms with Crippen LogP contribution in [-0.2, 0) is 0 Å². The van der Waals surface area contributed by atoms with Crippen LogP contribution in [0.2, 0.25) is 0 Å². The van der Waals surface area contributed by atoms with E-state index in [2.05, 4.69) is 16.0 Å². The molecule has 0 spiro atoms. The monoisotopic (exact) mass is 247 g/mol. The molecule has 80 valence electrons. The summed E-state index contributed by atoms with van der Waals surface area (Å²) in [6, 6.07) is 5.69. The third-order valence-corrected chi connectivity index (χ3v) is 3.82. The zero-order valence-electron chi connectivity index (χ0n) is 8.89. The van der Waals surface area contributed by atoms with Gasteiger partial charge in [0.25, 0.3) is 0 Å². The molecule has 2 aromatic heterocycles. The van der Waals surface area contributed by atoms with Gasteiger partial charge in [-0.05, 0) is 37.7 Å². The highest BCUT2D eigenvalue weighted by Crippen LogP contribution is 2.29. The molecule has 0 aliphatic carbocycles. The van der Waals surface area contributed by atoms with Gasteiger partial charge in [0.05, 0.1) is 11.6 Å². The maximum absolute atomic E-state index is 8.86. The predicted octanol–water partition coefficient (Wildman–Crippen LogP) is 3.18. The minimum atomic E-state index is 0.642. The summed E-state index contributed by atoms with van der Waals surface area (Å²) in [4.78, 5) is 8.71. The van der Waals surface area contributed by atoms with Crippen molar-refractivity contribution in [2.24, 2.45) is 0 Å².